The van der Waals surface area contributed by atoms with E-state index in [9.17, 15) is 19.2 Å². The van der Waals surface area contributed by atoms with Crippen LogP contribution in [-0.4, -0.2) is 75.1 Å². The molecule has 4 aromatic rings. The molecule has 3 aromatic carbocycles. The summed E-state index contributed by atoms with van der Waals surface area (Å²) in [7, 11) is 0. The number of urea groups is 1. The second kappa shape index (κ2) is 20.4. The molecule has 0 aliphatic carbocycles. The molecule has 13 nitrogen and oxygen atoms in total. The van der Waals surface area contributed by atoms with Crippen molar-refractivity contribution >= 4 is 51.2 Å². The third kappa shape index (κ3) is 12.0. The van der Waals surface area contributed by atoms with Gasteiger partial charge in [0.25, 0.3) is 0 Å². The maximum absolute atomic E-state index is 12.7. The van der Waals surface area contributed by atoms with Crippen LogP contribution in [0.4, 0.5) is 10.6 Å². The van der Waals surface area contributed by atoms with Gasteiger partial charge in [-0.25, -0.2) is 20.7 Å². The number of hydrogen-bond donors (Lipinski definition) is 6. The summed E-state index contributed by atoms with van der Waals surface area (Å²) < 4.78 is 0. The lowest BCUT2D eigenvalue weighted by atomic mass is 9.91. The molecule has 1 atom stereocenters. The van der Waals surface area contributed by atoms with Gasteiger partial charge in [0, 0.05) is 56.9 Å². The molecule has 288 valence electrons. The van der Waals surface area contributed by atoms with E-state index in [1.54, 1.807) is 11.0 Å². The predicted octanol–water partition coefficient (Wildman–Crippen LogP) is 6.30. The largest absolute Gasteiger partial charge is 0.343 e. The zero-order valence-electron chi connectivity index (χ0n) is 30.8. The Hall–Kier alpha value is -5.11. The number of aromatic nitrogens is 1. The lowest BCUT2D eigenvalue weighted by Gasteiger charge is -2.32. The van der Waals surface area contributed by atoms with Crippen molar-refractivity contribution < 1.29 is 29.6 Å². The second-order valence-corrected chi connectivity index (χ2v) is 14.3. The van der Waals surface area contributed by atoms with Gasteiger partial charge in [0.2, 0.25) is 17.7 Å². The summed E-state index contributed by atoms with van der Waals surface area (Å²) in [6, 6.07) is 25.4. The van der Waals surface area contributed by atoms with Gasteiger partial charge in [0.05, 0.1) is 5.52 Å². The maximum Gasteiger partial charge on any atom is 0.323 e. The van der Waals surface area contributed by atoms with Gasteiger partial charge < -0.3 is 15.5 Å². The lowest BCUT2D eigenvalue weighted by molar-refractivity contribution is -0.133. The summed E-state index contributed by atoms with van der Waals surface area (Å²) in [6.07, 6.45) is 8.18. The molecule has 5 amide bonds. The van der Waals surface area contributed by atoms with Crippen molar-refractivity contribution in [1.82, 2.24) is 25.7 Å². The Balaban J connectivity index is 0.000000208. The van der Waals surface area contributed by atoms with Crippen LogP contribution in [0.15, 0.2) is 78.9 Å². The van der Waals surface area contributed by atoms with Gasteiger partial charge in [-0.15, -0.1) is 0 Å². The number of nitrogens with two attached hydrogens (primary N) is 1. The second-order valence-electron chi connectivity index (χ2n) is 14.3. The fourth-order valence-electron chi connectivity index (χ4n) is 7.31. The standard InChI is InChI=1S/C22H29N3O3.C19H24N4O3/c23-20(19-9-8-17-5-1-2-6-18(17)14-19)15-22(27)25-12-10-16(11-13-25)4-3-7-21(26)24-28;24-18(22-26)7-3-4-14-10-12-23(13-11-14)19(25)21-17-9-8-15-5-1-2-6-16(15)20-17/h1-2,5-6,8-9,14,16,20,28H,3-4,7,10-13,15,23H2,(H,24,26);1-2,5-6,8-9,14,26H,3-4,7,10-13H2,(H,22,24)(H,20,21,25)/t20-;/m1./s1. The van der Waals surface area contributed by atoms with Crippen LogP contribution in [0.5, 0.6) is 0 Å². The van der Waals surface area contributed by atoms with Crippen LogP contribution in [0.2, 0.25) is 0 Å². The first-order chi connectivity index (χ1) is 26.2. The number of nitrogens with one attached hydrogen (secondary N) is 3. The van der Waals surface area contributed by atoms with Crippen molar-refractivity contribution in [2.24, 2.45) is 17.6 Å². The smallest absolute Gasteiger partial charge is 0.323 e. The summed E-state index contributed by atoms with van der Waals surface area (Å²) in [5.41, 5.74) is 11.5. The zero-order valence-corrected chi connectivity index (χ0v) is 30.8. The topological polar surface area (TPSA) is 190 Å². The van der Waals surface area contributed by atoms with E-state index in [1.165, 1.54) is 5.39 Å². The summed E-state index contributed by atoms with van der Waals surface area (Å²) >= 11 is 0. The first-order valence-electron chi connectivity index (χ1n) is 19.0. The summed E-state index contributed by atoms with van der Waals surface area (Å²) in [4.78, 5) is 55.4. The van der Waals surface area contributed by atoms with Crippen LogP contribution in [0.1, 0.15) is 82.2 Å². The molecule has 0 saturated carbocycles. The summed E-state index contributed by atoms with van der Waals surface area (Å²) in [6.45, 7) is 2.91. The van der Waals surface area contributed by atoms with Crippen molar-refractivity contribution in [3.63, 3.8) is 0 Å². The SMILES string of the molecule is N[C@H](CC(=O)N1CCC(CCCC(=O)NO)CC1)c1ccc2ccccc2c1.O=C(CCCC1CCN(C(=O)Nc2ccc3ccccc3n2)CC1)NO. The van der Waals surface area contributed by atoms with Crippen LogP contribution >= 0.6 is 0 Å². The highest BCUT2D eigenvalue weighted by atomic mass is 16.5. The van der Waals surface area contributed by atoms with E-state index in [0.29, 0.717) is 50.0 Å². The van der Waals surface area contributed by atoms with Gasteiger partial charge >= 0.3 is 6.03 Å². The van der Waals surface area contributed by atoms with Crippen LogP contribution in [-0.2, 0) is 14.4 Å². The number of carbonyl (C=O) groups excluding carboxylic acids is 4. The molecular weight excluding hydrogens is 686 g/mol. The number of nitrogens with zero attached hydrogens (tertiary/aromatic N) is 3. The number of hydroxylamine groups is 2. The van der Waals surface area contributed by atoms with Gasteiger partial charge in [-0.2, -0.15) is 0 Å². The lowest BCUT2D eigenvalue weighted by Crippen LogP contribution is -2.41. The molecule has 2 fully saturated rings. The normalized spacial score (nSPS) is 15.6. The molecule has 3 heterocycles. The highest BCUT2D eigenvalue weighted by Crippen LogP contribution is 2.26. The molecule has 7 N–H and O–H groups in total. The number of amides is 5. The van der Waals surface area contributed by atoms with Gasteiger partial charge in [-0.1, -0.05) is 54.6 Å². The third-order valence-corrected chi connectivity index (χ3v) is 10.6. The number of likely N-dealkylation sites (tertiary alicyclic amines) is 2. The van der Waals surface area contributed by atoms with E-state index in [4.69, 9.17) is 16.1 Å². The Morgan fingerprint density at radius 1 is 0.704 bits per heavy atom. The molecule has 0 bridgehead atoms. The summed E-state index contributed by atoms with van der Waals surface area (Å²) in [5, 5.41) is 23.2. The predicted molar refractivity (Wildman–Crippen MR) is 207 cm³/mol. The first kappa shape index (κ1) is 40.1. The maximum atomic E-state index is 12.7. The van der Waals surface area contributed by atoms with Crippen molar-refractivity contribution in [1.29, 1.82) is 0 Å². The van der Waals surface area contributed by atoms with Crippen LogP contribution in [0.3, 0.4) is 0 Å². The highest BCUT2D eigenvalue weighted by molar-refractivity contribution is 5.90. The van der Waals surface area contributed by atoms with E-state index < -0.39 is 0 Å². The van der Waals surface area contributed by atoms with E-state index in [1.807, 2.05) is 64.4 Å². The van der Waals surface area contributed by atoms with Crippen LogP contribution in [0, 0.1) is 11.8 Å². The molecule has 6 rings (SSSR count). The van der Waals surface area contributed by atoms with Crippen molar-refractivity contribution in [2.75, 3.05) is 31.5 Å². The fraction of sp³-hybridized carbons (Fsp3) is 0.439. The van der Waals surface area contributed by atoms with Crippen molar-refractivity contribution in [3.05, 3.63) is 84.4 Å². The molecule has 13 heteroatoms. The van der Waals surface area contributed by atoms with Crippen molar-refractivity contribution in [2.45, 2.75) is 76.7 Å². The molecular formula is C41H53N7O6. The van der Waals surface area contributed by atoms with Gasteiger partial charge in [-0.05, 0) is 104 Å². The van der Waals surface area contributed by atoms with Crippen LogP contribution in [0.25, 0.3) is 21.7 Å². The number of hydrogen-bond acceptors (Lipinski definition) is 8. The Bertz CT molecular complexity index is 1860. The molecule has 0 unspecified atom stereocenters. The van der Waals surface area contributed by atoms with E-state index in [-0.39, 0.29) is 29.8 Å². The Morgan fingerprint density at radius 2 is 1.24 bits per heavy atom. The zero-order chi connectivity index (χ0) is 38.3. The van der Waals surface area contributed by atoms with Crippen LogP contribution < -0.4 is 22.0 Å². The quantitative estimate of drug-likeness (QED) is 0.0721. The monoisotopic (exact) mass is 739 g/mol. The number of para-hydroxylation sites is 1. The minimum Gasteiger partial charge on any atom is -0.343 e. The number of pyridine rings is 1. The average Bonchev–Trinajstić information content (AvgIpc) is 3.21. The number of carbonyl (C=O) groups is 4. The molecule has 2 saturated heterocycles. The third-order valence-electron chi connectivity index (χ3n) is 10.6. The Morgan fingerprint density at radius 3 is 1.85 bits per heavy atom. The number of piperidine rings is 2. The number of fused-ring (bicyclic) bond motifs is 2. The fourth-order valence-corrected chi connectivity index (χ4v) is 7.31. The van der Waals surface area contributed by atoms with Gasteiger partial charge in [0.15, 0.2) is 0 Å². The van der Waals surface area contributed by atoms with E-state index >= 15 is 0 Å². The molecule has 2 aliphatic heterocycles. The molecule has 54 heavy (non-hydrogen) atoms. The number of benzene rings is 3. The average molecular weight is 740 g/mol. The molecule has 2 aliphatic rings. The Kier molecular flexibility index (Phi) is 15.1. The summed E-state index contributed by atoms with van der Waals surface area (Å²) in [5.74, 6) is 1.04. The van der Waals surface area contributed by atoms with E-state index in [2.05, 4.69) is 34.6 Å². The number of rotatable bonds is 12. The molecule has 1 aromatic heterocycles. The first-order valence-corrected chi connectivity index (χ1v) is 19.0. The highest BCUT2D eigenvalue weighted by Gasteiger charge is 2.25. The van der Waals surface area contributed by atoms with Gasteiger partial charge in [0.1, 0.15) is 5.82 Å². The minimum absolute atomic E-state index is 0.110. The minimum atomic E-state index is -0.343. The Labute approximate surface area is 316 Å². The number of anilines is 1. The van der Waals surface area contributed by atoms with Crippen molar-refractivity contribution in [3.8, 4) is 0 Å². The van der Waals surface area contributed by atoms with Gasteiger partial charge in [-0.3, -0.25) is 30.1 Å². The molecule has 0 radical (unpaired) electrons. The molecule has 0 spiro atoms. The van der Waals surface area contributed by atoms with E-state index in [0.717, 1.165) is 86.3 Å².